The molecule has 4 heterocycles. The zero-order valence-electron chi connectivity index (χ0n) is 15.8. The Bertz CT molecular complexity index is 1260. The highest BCUT2D eigenvalue weighted by atomic mass is 16.6. The lowest BCUT2D eigenvalue weighted by Crippen LogP contribution is -2.45. The Morgan fingerprint density at radius 3 is 1.87 bits per heavy atom. The van der Waals surface area contributed by atoms with E-state index in [1.807, 2.05) is 42.5 Å². The van der Waals surface area contributed by atoms with E-state index in [4.69, 9.17) is 4.74 Å². The van der Waals surface area contributed by atoms with Crippen LogP contribution in [-0.2, 0) is 20.9 Å². The molecule has 30 heavy (non-hydrogen) atoms. The first-order valence-corrected chi connectivity index (χ1v) is 10.2. The summed E-state index contributed by atoms with van der Waals surface area (Å²) in [5.41, 5.74) is 2.26. The molecule has 2 aromatic rings. The standard InChI is InChI=1S/C22H17N3O5/c26-19-17-11-8-12(18(17)20(27)30-19)16-14-7-6-13(15(11)16)24-21(28)23(22(29)25(14)24)9-10-4-2-1-3-5-10/h1-7,11-14,17-18H,8-9H2. The largest absolute Gasteiger partial charge is 0.393 e. The van der Waals surface area contributed by atoms with Crippen LogP contribution in [0.2, 0.25) is 0 Å². The SMILES string of the molecule is O=C1OC(=O)C2C3CC(C4=C3C3C=CC4n4c(=O)n(Cc5ccccc5)c(=O)n43)C12. The lowest BCUT2D eigenvalue weighted by atomic mass is 9.70. The monoisotopic (exact) mass is 403 g/mol. The van der Waals surface area contributed by atoms with Crippen LogP contribution in [0, 0.1) is 23.7 Å². The average molecular weight is 403 g/mol. The van der Waals surface area contributed by atoms with E-state index in [1.165, 1.54) is 13.9 Å². The average Bonchev–Trinajstić information content (AvgIpc) is 3.48. The number of fused-ring (bicyclic) bond motifs is 5. The Hall–Kier alpha value is -3.42. The second-order valence-corrected chi connectivity index (χ2v) is 8.75. The maximum absolute atomic E-state index is 13.3. The first-order chi connectivity index (χ1) is 14.6. The lowest BCUT2D eigenvalue weighted by Gasteiger charge is -2.41. The minimum absolute atomic E-state index is 0.0976. The normalized spacial score (nSPS) is 34.4. The molecule has 0 radical (unpaired) electrons. The fraction of sp³-hybridized carbons (Fsp3) is 0.364. The second kappa shape index (κ2) is 5.19. The van der Waals surface area contributed by atoms with Crippen molar-refractivity contribution in [3.8, 4) is 0 Å². The van der Waals surface area contributed by atoms with E-state index >= 15 is 0 Å². The molecule has 0 amide bonds. The van der Waals surface area contributed by atoms with Gasteiger partial charge in [-0.25, -0.2) is 23.5 Å². The van der Waals surface area contributed by atoms with E-state index < -0.39 is 23.8 Å². The number of ether oxygens (including phenoxy) is 1. The van der Waals surface area contributed by atoms with Crippen molar-refractivity contribution in [2.45, 2.75) is 25.0 Å². The summed E-state index contributed by atoms with van der Waals surface area (Å²) in [7, 11) is 0. The van der Waals surface area contributed by atoms with Gasteiger partial charge in [0.1, 0.15) is 0 Å². The molecule has 150 valence electrons. The van der Waals surface area contributed by atoms with E-state index in [-0.39, 0.29) is 41.8 Å². The van der Waals surface area contributed by atoms with E-state index in [1.54, 1.807) is 0 Å². The van der Waals surface area contributed by atoms with Crippen LogP contribution in [0.25, 0.3) is 0 Å². The highest BCUT2D eigenvalue weighted by molar-refractivity contribution is 5.98. The number of allylic oxidation sites excluding steroid dienone is 4. The van der Waals surface area contributed by atoms with Crippen molar-refractivity contribution in [3.05, 3.63) is 80.2 Å². The topological polar surface area (TPSA) is 92.3 Å². The molecular formula is C22H17N3O5. The molecule has 1 aromatic carbocycles. The molecule has 3 aliphatic heterocycles. The van der Waals surface area contributed by atoms with Gasteiger partial charge in [0.05, 0.1) is 30.5 Å². The fourth-order valence-corrected chi connectivity index (χ4v) is 6.54. The molecule has 8 rings (SSSR count). The zero-order chi connectivity index (χ0) is 20.3. The lowest BCUT2D eigenvalue weighted by molar-refractivity contribution is -0.154. The first-order valence-electron chi connectivity index (χ1n) is 10.2. The first kappa shape index (κ1) is 16.4. The van der Waals surface area contributed by atoms with Crippen LogP contribution in [-0.4, -0.2) is 25.9 Å². The number of rotatable bonds is 2. The summed E-state index contributed by atoms with van der Waals surface area (Å²) in [4.78, 5) is 51.1. The van der Waals surface area contributed by atoms with Gasteiger partial charge in [0.25, 0.3) is 0 Å². The minimum Gasteiger partial charge on any atom is -0.393 e. The predicted molar refractivity (Wildman–Crippen MR) is 102 cm³/mol. The van der Waals surface area contributed by atoms with Gasteiger partial charge in [0.2, 0.25) is 0 Å². The highest BCUT2D eigenvalue weighted by Gasteiger charge is 2.66. The number of aromatic nitrogens is 3. The van der Waals surface area contributed by atoms with Gasteiger partial charge in [0.15, 0.2) is 0 Å². The van der Waals surface area contributed by atoms with E-state index in [0.29, 0.717) is 6.42 Å². The molecule has 8 heteroatoms. The summed E-state index contributed by atoms with van der Waals surface area (Å²) in [5.74, 6) is -1.98. The molecule has 0 spiro atoms. The molecule has 3 aliphatic carbocycles. The molecule has 0 N–H and O–H groups in total. The fourth-order valence-electron chi connectivity index (χ4n) is 6.54. The molecule has 8 nitrogen and oxygen atoms in total. The van der Waals surface area contributed by atoms with Crippen LogP contribution < -0.4 is 11.4 Å². The van der Waals surface area contributed by atoms with Gasteiger partial charge in [-0.2, -0.15) is 0 Å². The van der Waals surface area contributed by atoms with Gasteiger partial charge >= 0.3 is 23.3 Å². The summed E-state index contributed by atoms with van der Waals surface area (Å²) in [6, 6.07) is 8.64. The van der Waals surface area contributed by atoms with Gasteiger partial charge < -0.3 is 4.74 Å². The summed E-state index contributed by atoms with van der Waals surface area (Å²) in [6.07, 6.45) is 4.62. The Labute approximate surface area is 169 Å². The molecular weight excluding hydrogens is 386 g/mol. The minimum atomic E-state index is -0.448. The van der Waals surface area contributed by atoms with E-state index in [2.05, 4.69) is 0 Å². The number of carbonyl (C=O) groups is 2. The van der Waals surface area contributed by atoms with Gasteiger partial charge in [-0.05, 0) is 35.0 Å². The Morgan fingerprint density at radius 1 is 0.800 bits per heavy atom. The van der Waals surface area contributed by atoms with Crippen LogP contribution in [0.5, 0.6) is 0 Å². The third-order valence-electron chi connectivity index (χ3n) is 7.55. The third kappa shape index (κ3) is 1.70. The maximum Gasteiger partial charge on any atom is 0.348 e. The summed E-state index contributed by atoms with van der Waals surface area (Å²) in [6.45, 7) is 0.207. The number of benzene rings is 1. The van der Waals surface area contributed by atoms with Gasteiger partial charge in [-0.3, -0.25) is 9.59 Å². The molecule has 6 atom stereocenters. The van der Waals surface area contributed by atoms with Crippen molar-refractivity contribution < 1.29 is 14.3 Å². The van der Waals surface area contributed by atoms with Crippen LogP contribution in [0.1, 0.15) is 24.1 Å². The molecule has 1 aromatic heterocycles. The van der Waals surface area contributed by atoms with E-state index in [0.717, 1.165) is 16.7 Å². The molecule has 2 fully saturated rings. The second-order valence-electron chi connectivity index (χ2n) is 8.75. The number of cyclic esters (lactones) is 2. The van der Waals surface area contributed by atoms with Gasteiger partial charge in [0, 0.05) is 0 Å². The van der Waals surface area contributed by atoms with E-state index in [9.17, 15) is 19.2 Å². The number of esters is 2. The summed E-state index contributed by atoms with van der Waals surface area (Å²) < 4.78 is 9.27. The third-order valence-corrected chi connectivity index (χ3v) is 7.55. The van der Waals surface area contributed by atoms with Crippen LogP contribution in [0.4, 0.5) is 0 Å². The van der Waals surface area contributed by atoms with Crippen molar-refractivity contribution in [1.29, 1.82) is 0 Å². The number of nitrogens with zero attached hydrogens (tertiary/aromatic N) is 3. The molecule has 6 aliphatic rings. The Morgan fingerprint density at radius 2 is 1.33 bits per heavy atom. The Balaban J connectivity index is 1.38. The molecule has 1 saturated carbocycles. The Kier molecular flexibility index (Phi) is 2.83. The van der Waals surface area contributed by atoms with Crippen LogP contribution in [0.3, 0.4) is 0 Å². The van der Waals surface area contributed by atoms with Gasteiger partial charge in [-0.15, -0.1) is 0 Å². The van der Waals surface area contributed by atoms with Crippen molar-refractivity contribution in [1.82, 2.24) is 13.9 Å². The maximum atomic E-state index is 13.3. The smallest absolute Gasteiger partial charge is 0.348 e. The number of carbonyl (C=O) groups excluding carboxylic acids is 2. The highest BCUT2D eigenvalue weighted by Crippen LogP contribution is 2.64. The van der Waals surface area contributed by atoms with Crippen molar-refractivity contribution in [3.63, 3.8) is 0 Å². The van der Waals surface area contributed by atoms with Crippen molar-refractivity contribution in [2.75, 3.05) is 0 Å². The molecule has 6 unspecified atom stereocenters. The van der Waals surface area contributed by atoms with Crippen molar-refractivity contribution >= 4 is 11.9 Å². The summed E-state index contributed by atoms with van der Waals surface area (Å²) in [5, 5.41) is 0. The quantitative estimate of drug-likeness (QED) is 0.420. The van der Waals surface area contributed by atoms with Crippen LogP contribution >= 0.6 is 0 Å². The van der Waals surface area contributed by atoms with Crippen LogP contribution in [0.15, 0.2) is 63.2 Å². The molecule has 1 saturated heterocycles. The predicted octanol–water partition coefficient (Wildman–Crippen LogP) is 0.788. The van der Waals surface area contributed by atoms with Gasteiger partial charge in [-0.1, -0.05) is 42.5 Å². The zero-order valence-corrected chi connectivity index (χ0v) is 15.8. The molecule has 4 bridgehead atoms. The summed E-state index contributed by atoms with van der Waals surface area (Å²) >= 11 is 0. The number of hydrogen-bond donors (Lipinski definition) is 0. The van der Waals surface area contributed by atoms with Crippen molar-refractivity contribution in [2.24, 2.45) is 23.7 Å². The number of hydrogen-bond acceptors (Lipinski definition) is 5.